The van der Waals surface area contributed by atoms with Crippen LogP contribution in [0, 0.1) is 11.3 Å². The minimum atomic E-state index is 0.0514. The van der Waals surface area contributed by atoms with Crippen LogP contribution >= 0.6 is 0 Å². The van der Waals surface area contributed by atoms with Crippen LogP contribution in [0.15, 0.2) is 66.9 Å². The number of hydrogen-bond acceptors (Lipinski definition) is 2. The molecule has 0 amide bonds. The van der Waals surface area contributed by atoms with Gasteiger partial charge in [-0.1, -0.05) is 42.5 Å². The van der Waals surface area contributed by atoms with E-state index in [1.807, 2.05) is 59.2 Å². The number of benzene rings is 2. The van der Waals surface area contributed by atoms with E-state index in [0.717, 1.165) is 10.9 Å². The summed E-state index contributed by atoms with van der Waals surface area (Å²) in [4.78, 5) is 12.3. The molecule has 0 saturated carbocycles. The summed E-state index contributed by atoms with van der Waals surface area (Å²) >= 11 is 0. The van der Waals surface area contributed by atoms with E-state index in [-0.39, 0.29) is 12.3 Å². The molecule has 100 valence electrons. The number of Topliss-reactive ketones (excluding diaryl/α,β-unsaturated/α-hetero) is 1. The number of carbonyl (C=O) groups excluding carboxylic acids is 1. The molecule has 3 heteroatoms. The molecular formula is C18H13N2O+. The monoisotopic (exact) mass is 273 g/mol. The van der Waals surface area contributed by atoms with Crippen molar-refractivity contribution in [2.75, 3.05) is 0 Å². The van der Waals surface area contributed by atoms with Crippen molar-refractivity contribution in [3.8, 4) is 6.07 Å². The Hall–Kier alpha value is -2.99. The van der Waals surface area contributed by atoms with E-state index >= 15 is 0 Å². The molecule has 3 rings (SSSR count). The lowest BCUT2D eigenvalue weighted by atomic mass is 10.1. The van der Waals surface area contributed by atoms with Crippen molar-refractivity contribution in [1.82, 2.24) is 0 Å². The van der Waals surface area contributed by atoms with Crippen LogP contribution in [-0.2, 0) is 6.54 Å². The largest absolute Gasteiger partial charge is 0.287 e. The zero-order valence-electron chi connectivity index (χ0n) is 11.4. The van der Waals surface area contributed by atoms with Gasteiger partial charge in [0.2, 0.25) is 17.8 Å². The van der Waals surface area contributed by atoms with Gasteiger partial charge in [0, 0.05) is 17.7 Å². The molecule has 0 aliphatic heterocycles. The van der Waals surface area contributed by atoms with E-state index in [9.17, 15) is 4.79 Å². The number of nitrogens with zero attached hydrogens (tertiary/aromatic N) is 2. The molecular weight excluding hydrogens is 260 g/mol. The third kappa shape index (κ3) is 2.52. The molecule has 0 spiro atoms. The maximum absolute atomic E-state index is 12.3. The minimum absolute atomic E-state index is 0.0514. The van der Waals surface area contributed by atoms with Crippen LogP contribution in [0.5, 0.6) is 0 Å². The van der Waals surface area contributed by atoms with Crippen LogP contribution in [0.3, 0.4) is 0 Å². The highest BCUT2D eigenvalue weighted by atomic mass is 16.1. The third-order valence-corrected chi connectivity index (χ3v) is 3.45. The van der Waals surface area contributed by atoms with Crippen molar-refractivity contribution in [2.24, 2.45) is 0 Å². The Balaban J connectivity index is 2.03. The van der Waals surface area contributed by atoms with Crippen molar-refractivity contribution in [3.05, 3.63) is 78.0 Å². The van der Waals surface area contributed by atoms with Crippen molar-refractivity contribution in [3.63, 3.8) is 0 Å². The van der Waals surface area contributed by atoms with Gasteiger partial charge in [-0.2, -0.15) is 9.83 Å². The third-order valence-electron chi connectivity index (χ3n) is 3.45. The lowest BCUT2D eigenvalue weighted by molar-refractivity contribution is -0.657. The van der Waals surface area contributed by atoms with Crippen molar-refractivity contribution in [1.29, 1.82) is 5.26 Å². The molecule has 0 fully saturated rings. The highest BCUT2D eigenvalue weighted by Crippen LogP contribution is 2.14. The van der Waals surface area contributed by atoms with Gasteiger partial charge in [0.15, 0.2) is 6.20 Å². The SMILES string of the molecule is N#Cc1cc[n+](CC(=O)c2ccccc2)c2ccccc12. The maximum atomic E-state index is 12.3. The topological polar surface area (TPSA) is 44.7 Å². The average Bonchev–Trinajstić information content (AvgIpc) is 2.56. The molecule has 0 bridgehead atoms. The van der Waals surface area contributed by atoms with Crippen molar-refractivity contribution >= 4 is 16.7 Å². The molecule has 3 nitrogen and oxygen atoms in total. The first-order valence-corrected chi connectivity index (χ1v) is 6.69. The predicted molar refractivity (Wildman–Crippen MR) is 79.6 cm³/mol. The normalized spacial score (nSPS) is 10.2. The molecule has 21 heavy (non-hydrogen) atoms. The van der Waals surface area contributed by atoms with Crippen LogP contribution in [0.1, 0.15) is 15.9 Å². The summed E-state index contributed by atoms with van der Waals surface area (Å²) in [6, 6.07) is 20.8. The Bertz CT molecular complexity index is 848. The van der Waals surface area contributed by atoms with Gasteiger partial charge >= 0.3 is 0 Å². The number of fused-ring (bicyclic) bond motifs is 1. The van der Waals surface area contributed by atoms with Gasteiger partial charge in [-0.15, -0.1) is 0 Å². The number of aromatic nitrogens is 1. The predicted octanol–water partition coefficient (Wildman–Crippen LogP) is 2.88. The smallest absolute Gasteiger partial charge is 0.227 e. The first-order chi connectivity index (χ1) is 10.3. The number of hydrogen-bond donors (Lipinski definition) is 0. The van der Waals surface area contributed by atoms with Crippen LogP contribution in [0.25, 0.3) is 10.9 Å². The Kier molecular flexibility index (Phi) is 3.44. The molecule has 0 aliphatic carbocycles. The summed E-state index contributed by atoms with van der Waals surface area (Å²) in [6.07, 6.45) is 1.79. The van der Waals surface area contributed by atoms with Crippen LogP contribution < -0.4 is 4.57 Å². The quantitative estimate of drug-likeness (QED) is 0.544. The van der Waals surface area contributed by atoms with Gasteiger partial charge in [-0.05, 0) is 6.07 Å². The van der Waals surface area contributed by atoms with Crippen molar-refractivity contribution < 1.29 is 9.36 Å². The number of nitriles is 1. The van der Waals surface area contributed by atoms with E-state index in [1.54, 1.807) is 12.3 Å². The first kappa shape index (κ1) is 13.0. The van der Waals surface area contributed by atoms with E-state index in [4.69, 9.17) is 5.26 Å². The Labute approximate surface area is 122 Å². The van der Waals surface area contributed by atoms with Gasteiger partial charge in [-0.25, -0.2) is 0 Å². The Morgan fingerprint density at radius 3 is 2.48 bits per heavy atom. The number of pyridine rings is 1. The lowest BCUT2D eigenvalue weighted by Crippen LogP contribution is -2.38. The Morgan fingerprint density at radius 2 is 1.71 bits per heavy atom. The minimum Gasteiger partial charge on any atom is -0.287 e. The summed E-state index contributed by atoms with van der Waals surface area (Å²) in [6.45, 7) is 0.260. The fraction of sp³-hybridized carbons (Fsp3) is 0.0556. The molecule has 0 N–H and O–H groups in total. The summed E-state index contributed by atoms with van der Waals surface area (Å²) in [5, 5.41) is 10.0. The molecule has 0 atom stereocenters. The molecule has 0 aliphatic rings. The molecule has 1 heterocycles. The maximum Gasteiger partial charge on any atom is 0.227 e. The fourth-order valence-corrected chi connectivity index (χ4v) is 2.39. The van der Waals surface area contributed by atoms with Gasteiger partial charge in [0.05, 0.1) is 10.9 Å². The molecule has 0 saturated heterocycles. The average molecular weight is 273 g/mol. The fourth-order valence-electron chi connectivity index (χ4n) is 2.39. The van der Waals surface area contributed by atoms with Gasteiger partial charge in [0.1, 0.15) is 6.07 Å². The van der Waals surface area contributed by atoms with E-state index in [0.29, 0.717) is 11.1 Å². The number of carbonyl (C=O) groups is 1. The highest BCUT2D eigenvalue weighted by molar-refractivity contribution is 5.95. The van der Waals surface area contributed by atoms with Crippen LogP contribution in [0.4, 0.5) is 0 Å². The lowest BCUT2D eigenvalue weighted by Gasteiger charge is -2.02. The van der Waals surface area contributed by atoms with Crippen molar-refractivity contribution in [2.45, 2.75) is 6.54 Å². The summed E-state index contributed by atoms with van der Waals surface area (Å²) in [5.74, 6) is 0.0514. The number of ketones is 1. The molecule has 1 aromatic heterocycles. The molecule has 3 aromatic rings. The second-order valence-corrected chi connectivity index (χ2v) is 4.78. The van der Waals surface area contributed by atoms with Crippen LogP contribution in [0.2, 0.25) is 0 Å². The summed E-state index contributed by atoms with van der Waals surface area (Å²) < 4.78 is 1.88. The van der Waals surface area contributed by atoms with Gasteiger partial charge in [0.25, 0.3) is 0 Å². The van der Waals surface area contributed by atoms with Gasteiger partial charge in [-0.3, -0.25) is 4.79 Å². The zero-order valence-corrected chi connectivity index (χ0v) is 11.4. The van der Waals surface area contributed by atoms with E-state index in [2.05, 4.69) is 6.07 Å². The first-order valence-electron chi connectivity index (χ1n) is 6.69. The number of rotatable bonds is 3. The standard InChI is InChI=1S/C18H13N2O/c19-12-15-10-11-20(17-9-5-4-8-16(15)17)13-18(21)14-6-2-1-3-7-14/h1-11H,13H2/q+1. The second-order valence-electron chi connectivity index (χ2n) is 4.78. The zero-order chi connectivity index (χ0) is 14.7. The number of para-hydroxylation sites is 1. The van der Waals surface area contributed by atoms with Gasteiger partial charge < -0.3 is 0 Å². The molecule has 2 aromatic carbocycles. The molecule has 0 radical (unpaired) electrons. The molecule has 0 unspecified atom stereocenters. The van der Waals surface area contributed by atoms with E-state index < -0.39 is 0 Å². The second kappa shape index (κ2) is 5.56. The van der Waals surface area contributed by atoms with E-state index in [1.165, 1.54) is 0 Å². The summed E-state index contributed by atoms with van der Waals surface area (Å²) in [7, 11) is 0. The highest BCUT2D eigenvalue weighted by Gasteiger charge is 2.16. The Morgan fingerprint density at radius 1 is 1.00 bits per heavy atom. The summed E-state index contributed by atoms with van der Waals surface area (Å²) in [5.41, 5.74) is 2.20. The van der Waals surface area contributed by atoms with Crippen LogP contribution in [-0.4, -0.2) is 5.78 Å².